The van der Waals surface area contributed by atoms with Crippen molar-refractivity contribution in [2.75, 3.05) is 13.7 Å². The number of rotatable bonds is 6. The minimum absolute atomic E-state index is 0.00216. The quantitative estimate of drug-likeness (QED) is 0.796. The second-order valence-corrected chi connectivity index (χ2v) is 6.21. The minimum Gasteiger partial charge on any atom is -0.468 e. The molecule has 1 aromatic carbocycles. The van der Waals surface area contributed by atoms with E-state index in [0.717, 1.165) is 9.87 Å². The van der Waals surface area contributed by atoms with Gasteiger partial charge in [0.15, 0.2) is 0 Å². The van der Waals surface area contributed by atoms with Crippen molar-refractivity contribution in [1.82, 2.24) is 14.5 Å². The van der Waals surface area contributed by atoms with Gasteiger partial charge in [0.25, 0.3) is 0 Å². The van der Waals surface area contributed by atoms with Crippen molar-refractivity contribution in [2.24, 2.45) is 0 Å². The van der Waals surface area contributed by atoms with E-state index in [-0.39, 0.29) is 18.0 Å². The van der Waals surface area contributed by atoms with E-state index in [4.69, 9.17) is 0 Å². The molecular weight excluding hydrogens is 294 g/mol. The summed E-state index contributed by atoms with van der Waals surface area (Å²) >= 11 is 0. The maximum absolute atomic E-state index is 12.5. The van der Waals surface area contributed by atoms with E-state index in [1.807, 2.05) is 6.07 Å². The zero-order valence-electron chi connectivity index (χ0n) is 11.4. The fraction of sp³-hybridized carbons (Fsp3) is 0.231. The minimum atomic E-state index is -3.82. The first-order valence-corrected chi connectivity index (χ1v) is 7.57. The predicted molar refractivity (Wildman–Crippen MR) is 74.6 cm³/mol. The van der Waals surface area contributed by atoms with E-state index in [2.05, 4.69) is 14.9 Å². The van der Waals surface area contributed by atoms with Crippen LogP contribution in [0.1, 0.15) is 5.56 Å². The Morgan fingerprint density at radius 1 is 1.33 bits per heavy atom. The molecule has 1 aromatic heterocycles. The molecule has 0 fully saturated rings. The summed E-state index contributed by atoms with van der Waals surface area (Å²) in [4.78, 5) is 11.5. The topological polar surface area (TPSA) is 92.4 Å². The summed E-state index contributed by atoms with van der Waals surface area (Å²) in [6.45, 7) is -0.289. The molecule has 0 aliphatic heterocycles. The number of aromatic amines is 1. The van der Waals surface area contributed by atoms with Gasteiger partial charge in [-0.05, 0) is 5.56 Å². The predicted octanol–water partition coefficient (Wildman–Crippen LogP) is 0.774. The summed E-state index contributed by atoms with van der Waals surface area (Å²) < 4.78 is 30.6. The normalized spacial score (nSPS) is 11.5. The van der Waals surface area contributed by atoms with Gasteiger partial charge in [-0.1, -0.05) is 30.3 Å². The lowest BCUT2D eigenvalue weighted by Crippen LogP contribution is -2.35. The molecule has 0 bridgehead atoms. The number of hydrogen-bond acceptors (Lipinski definition) is 5. The summed E-state index contributed by atoms with van der Waals surface area (Å²) in [6.07, 6.45) is 2.47. The number of carbonyl (C=O) groups is 1. The van der Waals surface area contributed by atoms with Gasteiger partial charge in [-0.25, -0.2) is 8.42 Å². The highest BCUT2D eigenvalue weighted by molar-refractivity contribution is 7.89. The van der Waals surface area contributed by atoms with Gasteiger partial charge in [0.05, 0.1) is 13.3 Å². The van der Waals surface area contributed by atoms with Crippen LogP contribution in [-0.2, 0) is 26.1 Å². The van der Waals surface area contributed by atoms with Crippen molar-refractivity contribution < 1.29 is 17.9 Å². The van der Waals surface area contributed by atoms with Gasteiger partial charge in [0, 0.05) is 12.7 Å². The van der Waals surface area contributed by atoms with E-state index >= 15 is 0 Å². The molecule has 0 saturated carbocycles. The van der Waals surface area contributed by atoms with Crippen LogP contribution >= 0.6 is 0 Å². The summed E-state index contributed by atoms with van der Waals surface area (Å²) in [5.74, 6) is -0.627. The van der Waals surface area contributed by atoms with Gasteiger partial charge >= 0.3 is 5.97 Å². The van der Waals surface area contributed by atoms with Crippen LogP contribution in [0.15, 0.2) is 47.6 Å². The molecule has 8 heteroatoms. The summed E-state index contributed by atoms with van der Waals surface area (Å²) in [7, 11) is -2.61. The monoisotopic (exact) mass is 309 g/mol. The third-order valence-corrected chi connectivity index (χ3v) is 4.60. The number of aromatic nitrogens is 2. The number of esters is 1. The van der Waals surface area contributed by atoms with Gasteiger partial charge in [0.2, 0.25) is 10.0 Å². The molecule has 112 valence electrons. The van der Waals surface area contributed by atoms with Crippen LogP contribution in [-0.4, -0.2) is 42.5 Å². The van der Waals surface area contributed by atoms with Crippen LogP contribution in [0.4, 0.5) is 0 Å². The average molecular weight is 309 g/mol. The second kappa shape index (κ2) is 6.51. The van der Waals surface area contributed by atoms with Crippen LogP contribution in [0.25, 0.3) is 0 Å². The Morgan fingerprint density at radius 3 is 2.62 bits per heavy atom. The molecule has 2 rings (SSSR count). The van der Waals surface area contributed by atoms with Crippen molar-refractivity contribution in [3.8, 4) is 0 Å². The lowest BCUT2D eigenvalue weighted by molar-refractivity contribution is -0.140. The third kappa shape index (κ3) is 3.67. The molecule has 0 unspecified atom stereocenters. The van der Waals surface area contributed by atoms with Crippen molar-refractivity contribution in [2.45, 2.75) is 11.4 Å². The Kier molecular flexibility index (Phi) is 4.71. The van der Waals surface area contributed by atoms with Gasteiger partial charge < -0.3 is 4.74 Å². The number of carbonyl (C=O) groups excluding carboxylic acids is 1. The molecule has 0 radical (unpaired) electrons. The van der Waals surface area contributed by atoms with Gasteiger partial charge in [-0.15, -0.1) is 0 Å². The molecule has 2 aromatic rings. The Hall–Kier alpha value is -2.19. The molecule has 0 aliphatic carbocycles. The number of ether oxygens (including phenoxy) is 1. The molecular formula is C13H15N3O4S. The zero-order chi connectivity index (χ0) is 15.3. The Balaban J connectivity index is 2.30. The third-order valence-electron chi connectivity index (χ3n) is 2.85. The van der Waals surface area contributed by atoms with Crippen molar-refractivity contribution in [3.05, 3.63) is 48.3 Å². The second-order valence-electron chi connectivity index (χ2n) is 4.27. The van der Waals surface area contributed by atoms with Crippen LogP contribution < -0.4 is 0 Å². The molecule has 0 spiro atoms. The standard InChI is InChI=1S/C13H15N3O4S/c1-20-13(17)10-16(9-11-5-3-2-4-6-11)21(18,19)12-7-14-15-8-12/h2-8H,9-10H2,1H3,(H,14,15). The lowest BCUT2D eigenvalue weighted by Gasteiger charge is -2.20. The number of benzene rings is 1. The van der Waals surface area contributed by atoms with Crippen LogP contribution in [0.3, 0.4) is 0 Å². The number of nitrogens with one attached hydrogen (secondary N) is 1. The van der Waals surface area contributed by atoms with Crippen molar-refractivity contribution in [3.63, 3.8) is 0 Å². The number of H-pyrrole nitrogens is 1. The SMILES string of the molecule is COC(=O)CN(Cc1ccccc1)S(=O)(=O)c1cn[nH]c1. The molecule has 7 nitrogen and oxygen atoms in total. The average Bonchev–Trinajstić information content (AvgIpc) is 3.02. The maximum Gasteiger partial charge on any atom is 0.321 e. The smallest absolute Gasteiger partial charge is 0.321 e. The van der Waals surface area contributed by atoms with Gasteiger partial charge in [0.1, 0.15) is 11.4 Å². The van der Waals surface area contributed by atoms with Gasteiger partial charge in [-0.2, -0.15) is 9.40 Å². The summed E-state index contributed by atoms with van der Waals surface area (Å²) in [6, 6.07) is 9.01. The van der Waals surface area contributed by atoms with Crippen molar-refractivity contribution >= 4 is 16.0 Å². The Labute approximate surface area is 122 Å². The van der Waals surface area contributed by atoms with E-state index < -0.39 is 16.0 Å². The highest BCUT2D eigenvalue weighted by Gasteiger charge is 2.27. The number of nitrogens with zero attached hydrogens (tertiary/aromatic N) is 2. The van der Waals surface area contributed by atoms with Crippen LogP contribution in [0.5, 0.6) is 0 Å². The molecule has 1 N–H and O–H groups in total. The highest BCUT2D eigenvalue weighted by Crippen LogP contribution is 2.17. The molecule has 21 heavy (non-hydrogen) atoms. The largest absolute Gasteiger partial charge is 0.468 e. The first-order valence-electron chi connectivity index (χ1n) is 6.13. The van der Waals surface area contributed by atoms with E-state index in [1.165, 1.54) is 19.5 Å². The number of hydrogen-bond donors (Lipinski definition) is 1. The maximum atomic E-state index is 12.5. The number of sulfonamides is 1. The summed E-state index contributed by atoms with van der Waals surface area (Å²) in [5, 5.41) is 6.08. The Morgan fingerprint density at radius 2 is 2.05 bits per heavy atom. The first kappa shape index (κ1) is 15.2. The van der Waals surface area contributed by atoms with Crippen molar-refractivity contribution in [1.29, 1.82) is 0 Å². The molecule has 0 atom stereocenters. The van der Waals surface area contributed by atoms with E-state index in [1.54, 1.807) is 24.3 Å². The van der Waals surface area contributed by atoms with E-state index in [9.17, 15) is 13.2 Å². The fourth-order valence-corrected chi connectivity index (χ4v) is 3.03. The summed E-state index contributed by atoms with van der Waals surface area (Å²) in [5.41, 5.74) is 0.772. The highest BCUT2D eigenvalue weighted by atomic mass is 32.2. The molecule has 0 aliphatic rings. The first-order chi connectivity index (χ1) is 10.0. The molecule has 1 heterocycles. The zero-order valence-corrected chi connectivity index (χ0v) is 12.2. The van der Waals surface area contributed by atoms with Gasteiger partial charge in [-0.3, -0.25) is 9.89 Å². The molecule has 0 saturated heterocycles. The fourth-order valence-electron chi connectivity index (χ4n) is 1.75. The number of methoxy groups -OCH3 is 1. The van der Waals surface area contributed by atoms with E-state index in [0.29, 0.717) is 0 Å². The van der Waals surface area contributed by atoms with Crippen LogP contribution in [0, 0.1) is 0 Å². The lowest BCUT2D eigenvalue weighted by atomic mass is 10.2. The Bertz CT molecular complexity index is 683. The molecule has 0 amide bonds. The van der Waals surface area contributed by atoms with Crippen LogP contribution in [0.2, 0.25) is 0 Å².